The lowest BCUT2D eigenvalue weighted by Gasteiger charge is -2.06. The molecule has 0 spiro atoms. The summed E-state index contributed by atoms with van der Waals surface area (Å²) < 4.78 is 1.58. The minimum Gasteiger partial charge on any atom is -0.478 e. The van der Waals surface area contributed by atoms with Gasteiger partial charge < -0.3 is 15.7 Å². The lowest BCUT2D eigenvalue weighted by molar-refractivity contribution is 0.0696. The van der Waals surface area contributed by atoms with Gasteiger partial charge in [0.25, 0.3) is 11.8 Å². The smallest absolute Gasteiger partial charge is 0.335 e. The van der Waals surface area contributed by atoms with Crippen LogP contribution in [-0.4, -0.2) is 32.7 Å². The molecule has 0 radical (unpaired) electrons. The highest BCUT2D eigenvalue weighted by Gasteiger charge is 2.13. The average Bonchev–Trinajstić information content (AvgIpc) is 3.20. The minimum absolute atomic E-state index is 0.0447. The van der Waals surface area contributed by atoms with Crippen molar-refractivity contribution >= 4 is 29.3 Å². The first-order chi connectivity index (χ1) is 15.9. The summed E-state index contributed by atoms with van der Waals surface area (Å²) in [6, 6.07) is 23.6. The summed E-state index contributed by atoms with van der Waals surface area (Å²) in [7, 11) is 1.74. The van der Waals surface area contributed by atoms with Gasteiger partial charge in [-0.25, -0.2) is 4.79 Å². The summed E-state index contributed by atoms with van der Waals surface area (Å²) in [5.74, 6) is -1.18. The number of carbonyl (C=O) groups is 3. The van der Waals surface area contributed by atoms with Crippen molar-refractivity contribution < 1.29 is 19.5 Å². The van der Waals surface area contributed by atoms with Crippen LogP contribution in [0.4, 0.5) is 11.5 Å². The Balaban J connectivity index is 1.46. The molecular weight excluding hydrogens is 420 g/mol. The SMILES string of the molecule is Cn1nc(-c2ccc(NC(=O)c3cccc(C(=O)O)c3)cc2)cc1NC(=O)c1ccccc1. The van der Waals surface area contributed by atoms with E-state index >= 15 is 0 Å². The summed E-state index contributed by atoms with van der Waals surface area (Å²) in [6.07, 6.45) is 0. The number of hydrogen-bond donors (Lipinski definition) is 3. The molecule has 1 aromatic heterocycles. The number of nitrogens with one attached hydrogen (secondary N) is 2. The number of amides is 2. The quantitative estimate of drug-likeness (QED) is 0.414. The minimum atomic E-state index is -1.09. The van der Waals surface area contributed by atoms with Gasteiger partial charge in [-0.05, 0) is 42.5 Å². The van der Waals surface area contributed by atoms with E-state index in [1.807, 2.05) is 6.07 Å². The molecule has 0 saturated carbocycles. The molecule has 0 atom stereocenters. The van der Waals surface area contributed by atoms with Gasteiger partial charge >= 0.3 is 5.97 Å². The summed E-state index contributed by atoms with van der Waals surface area (Å²) in [5.41, 5.74) is 2.86. The molecule has 0 fully saturated rings. The molecule has 0 bridgehead atoms. The Morgan fingerprint density at radius 1 is 0.758 bits per heavy atom. The van der Waals surface area contributed by atoms with E-state index in [9.17, 15) is 14.4 Å². The molecule has 33 heavy (non-hydrogen) atoms. The molecule has 8 heteroatoms. The summed E-state index contributed by atoms with van der Waals surface area (Å²) in [6.45, 7) is 0. The highest BCUT2D eigenvalue weighted by molar-refractivity contribution is 6.06. The molecule has 3 N–H and O–H groups in total. The fourth-order valence-corrected chi connectivity index (χ4v) is 3.22. The fraction of sp³-hybridized carbons (Fsp3) is 0.0400. The number of benzene rings is 3. The Labute approximate surface area is 189 Å². The Morgan fingerprint density at radius 2 is 1.39 bits per heavy atom. The number of aryl methyl sites for hydroxylation is 1. The van der Waals surface area contributed by atoms with Gasteiger partial charge in [0.1, 0.15) is 5.82 Å². The first kappa shape index (κ1) is 21.5. The van der Waals surface area contributed by atoms with E-state index in [0.717, 1.165) is 5.56 Å². The molecule has 3 aromatic carbocycles. The number of carboxylic acid groups (broad SMARTS) is 1. The van der Waals surface area contributed by atoms with Crippen molar-refractivity contribution in [3.05, 3.63) is 102 Å². The average molecular weight is 440 g/mol. The Hall–Kier alpha value is -4.72. The lowest BCUT2D eigenvalue weighted by Crippen LogP contribution is -2.14. The van der Waals surface area contributed by atoms with Crippen molar-refractivity contribution in [3.63, 3.8) is 0 Å². The highest BCUT2D eigenvalue weighted by Crippen LogP contribution is 2.24. The van der Waals surface area contributed by atoms with Crippen molar-refractivity contribution in [2.45, 2.75) is 0 Å². The lowest BCUT2D eigenvalue weighted by atomic mass is 10.1. The van der Waals surface area contributed by atoms with Crippen LogP contribution in [0.25, 0.3) is 11.3 Å². The van der Waals surface area contributed by atoms with E-state index in [-0.39, 0.29) is 17.0 Å². The maximum atomic E-state index is 12.5. The van der Waals surface area contributed by atoms with Gasteiger partial charge in [0, 0.05) is 35.5 Å². The van der Waals surface area contributed by atoms with Gasteiger partial charge in [-0.15, -0.1) is 0 Å². The third-order valence-corrected chi connectivity index (χ3v) is 4.97. The predicted molar refractivity (Wildman–Crippen MR) is 124 cm³/mol. The molecule has 0 aliphatic heterocycles. The van der Waals surface area contributed by atoms with E-state index in [4.69, 9.17) is 5.11 Å². The predicted octanol–water partition coefficient (Wildman–Crippen LogP) is 4.29. The van der Waals surface area contributed by atoms with Gasteiger partial charge in [-0.3, -0.25) is 14.3 Å². The number of rotatable bonds is 6. The molecule has 4 rings (SSSR count). The van der Waals surface area contributed by atoms with Crippen LogP contribution < -0.4 is 10.6 Å². The number of carbonyl (C=O) groups excluding carboxylic acids is 2. The maximum Gasteiger partial charge on any atom is 0.335 e. The third kappa shape index (κ3) is 4.96. The van der Waals surface area contributed by atoms with Crippen LogP contribution in [0.2, 0.25) is 0 Å². The Morgan fingerprint density at radius 3 is 2.09 bits per heavy atom. The van der Waals surface area contributed by atoms with Gasteiger partial charge in [0.15, 0.2) is 0 Å². The van der Waals surface area contributed by atoms with Crippen molar-refractivity contribution in [1.29, 1.82) is 0 Å². The highest BCUT2D eigenvalue weighted by atomic mass is 16.4. The van der Waals surface area contributed by atoms with E-state index in [0.29, 0.717) is 22.8 Å². The number of hydrogen-bond acceptors (Lipinski definition) is 4. The second kappa shape index (κ2) is 9.19. The Kier molecular flexibility index (Phi) is 5.99. The van der Waals surface area contributed by atoms with E-state index in [2.05, 4.69) is 15.7 Å². The van der Waals surface area contributed by atoms with Gasteiger partial charge in [0.2, 0.25) is 0 Å². The molecule has 4 aromatic rings. The van der Waals surface area contributed by atoms with Crippen LogP contribution in [0.1, 0.15) is 31.1 Å². The third-order valence-electron chi connectivity index (χ3n) is 4.97. The summed E-state index contributed by atoms with van der Waals surface area (Å²) in [5, 5.41) is 19.1. The Bertz CT molecular complexity index is 1330. The summed E-state index contributed by atoms with van der Waals surface area (Å²) >= 11 is 0. The molecule has 0 aliphatic carbocycles. The normalized spacial score (nSPS) is 10.5. The van der Waals surface area contributed by atoms with E-state index < -0.39 is 11.9 Å². The largest absolute Gasteiger partial charge is 0.478 e. The van der Waals surface area contributed by atoms with Crippen LogP contribution in [0, 0.1) is 0 Å². The first-order valence-electron chi connectivity index (χ1n) is 10.1. The van der Waals surface area contributed by atoms with Gasteiger partial charge in [-0.1, -0.05) is 36.4 Å². The molecule has 1 heterocycles. The van der Waals surface area contributed by atoms with Crippen molar-refractivity contribution in [2.75, 3.05) is 10.6 Å². The number of anilines is 2. The molecule has 0 aliphatic rings. The van der Waals surface area contributed by atoms with Crippen LogP contribution in [0.15, 0.2) is 84.9 Å². The fourth-order valence-electron chi connectivity index (χ4n) is 3.22. The topological polar surface area (TPSA) is 113 Å². The molecular formula is C25H20N4O4. The van der Waals surface area contributed by atoms with Gasteiger partial charge in [0.05, 0.1) is 11.3 Å². The maximum absolute atomic E-state index is 12.5. The zero-order valence-corrected chi connectivity index (χ0v) is 17.6. The zero-order valence-electron chi connectivity index (χ0n) is 17.6. The van der Waals surface area contributed by atoms with Crippen molar-refractivity contribution in [2.24, 2.45) is 7.05 Å². The van der Waals surface area contributed by atoms with Crippen LogP contribution in [-0.2, 0) is 7.05 Å². The number of aromatic carboxylic acids is 1. The molecule has 0 unspecified atom stereocenters. The van der Waals surface area contributed by atoms with Crippen molar-refractivity contribution in [3.8, 4) is 11.3 Å². The monoisotopic (exact) mass is 440 g/mol. The van der Waals surface area contributed by atoms with E-state index in [1.54, 1.807) is 72.4 Å². The standard InChI is InChI=1S/C25H20N4O4/c1-29-22(27-23(30)17-6-3-2-4-7-17)15-21(28-29)16-10-12-20(13-11-16)26-24(31)18-8-5-9-19(14-18)25(32)33/h2-15H,1H3,(H,26,31)(H,27,30)(H,32,33). The number of carboxylic acids is 1. The first-order valence-corrected chi connectivity index (χ1v) is 10.1. The second-order valence-electron chi connectivity index (χ2n) is 7.28. The molecule has 2 amide bonds. The van der Waals surface area contributed by atoms with Crippen LogP contribution in [0.5, 0.6) is 0 Å². The van der Waals surface area contributed by atoms with Crippen molar-refractivity contribution in [1.82, 2.24) is 9.78 Å². The van der Waals surface area contributed by atoms with E-state index in [1.165, 1.54) is 18.2 Å². The summed E-state index contributed by atoms with van der Waals surface area (Å²) in [4.78, 5) is 36.0. The number of aromatic nitrogens is 2. The second-order valence-corrected chi connectivity index (χ2v) is 7.28. The van der Waals surface area contributed by atoms with Crippen LogP contribution in [0.3, 0.4) is 0 Å². The molecule has 164 valence electrons. The zero-order chi connectivity index (χ0) is 23.4. The van der Waals surface area contributed by atoms with Gasteiger partial charge in [-0.2, -0.15) is 5.10 Å². The molecule has 0 saturated heterocycles. The molecule has 8 nitrogen and oxygen atoms in total. The van der Waals surface area contributed by atoms with Crippen LogP contribution >= 0.6 is 0 Å². The number of nitrogens with zero attached hydrogens (tertiary/aromatic N) is 2.